The average Bonchev–Trinajstić information content (AvgIpc) is 2.30. The molecule has 0 atom stereocenters. The first-order chi connectivity index (χ1) is 7.88. The van der Waals surface area contributed by atoms with E-state index in [2.05, 4.69) is 5.10 Å². The number of hydrogen-bond acceptors (Lipinski definition) is 5. The Balaban J connectivity index is 3.42. The van der Waals surface area contributed by atoms with Gasteiger partial charge in [0, 0.05) is 12.6 Å². The molecule has 0 bridgehead atoms. The molecule has 0 radical (unpaired) electrons. The van der Waals surface area contributed by atoms with E-state index in [0.29, 0.717) is 0 Å². The van der Waals surface area contributed by atoms with Crippen LogP contribution in [0.1, 0.15) is 12.5 Å². The first kappa shape index (κ1) is 13.2. The van der Waals surface area contributed by atoms with Crippen molar-refractivity contribution >= 4 is 29.4 Å². The number of nitrogens with one attached hydrogen (secondary N) is 1. The van der Waals surface area contributed by atoms with E-state index in [9.17, 15) is 9.59 Å². The van der Waals surface area contributed by atoms with E-state index in [1.54, 1.807) is 0 Å². The zero-order valence-corrected chi connectivity index (χ0v) is 10.1. The summed E-state index contributed by atoms with van der Waals surface area (Å²) < 4.78 is 1.25. The van der Waals surface area contributed by atoms with Crippen molar-refractivity contribution in [3.63, 3.8) is 0 Å². The zero-order valence-electron chi connectivity index (χ0n) is 9.32. The van der Waals surface area contributed by atoms with Crippen LogP contribution in [-0.2, 0) is 11.8 Å². The summed E-state index contributed by atoms with van der Waals surface area (Å²) in [4.78, 5) is 22.9. The Labute approximate surface area is 102 Å². The highest BCUT2D eigenvalue weighted by molar-refractivity contribution is 6.29. The number of hydrazine groups is 1. The molecule has 17 heavy (non-hydrogen) atoms. The molecule has 0 aromatic carbocycles. The third-order valence-corrected chi connectivity index (χ3v) is 2.39. The second-order valence-electron chi connectivity index (χ2n) is 3.34. The van der Waals surface area contributed by atoms with E-state index in [4.69, 9.17) is 23.2 Å². The molecule has 0 spiro atoms. The van der Waals surface area contributed by atoms with Gasteiger partial charge in [-0.1, -0.05) is 11.6 Å². The fourth-order valence-electron chi connectivity index (χ4n) is 1.17. The molecule has 1 heterocycles. The maximum Gasteiger partial charge on any atom is 0.260 e. The minimum absolute atomic E-state index is 0.105. The molecule has 7 nitrogen and oxygen atoms in total. The largest absolute Gasteiger partial charge is 0.383 e. The Morgan fingerprint density at radius 1 is 1.59 bits per heavy atom. The summed E-state index contributed by atoms with van der Waals surface area (Å²) in [7, 11) is 1.54. The lowest BCUT2D eigenvalue weighted by atomic mass is 10.1. The molecular weight excluding hydrogens is 246 g/mol. The Kier molecular flexibility index (Phi) is 3.87. The molecule has 0 aliphatic heterocycles. The maximum atomic E-state index is 11.7. The van der Waals surface area contributed by atoms with Crippen LogP contribution >= 0.6 is 11.6 Å². The Morgan fingerprint density at radius 2 is 2.18 bits per heavy atom. The van der Waals surface area contributed by atoms with Gasteiger partial charge < -0.3 is 5.73 Å². The molecule has 0 unspecified atom stereocenters. The van der Waals surface area contributed by atoms with Crippen LogP contribution in [-0.4, -0.2) is 15.7 Å². The van der Waals surface area contributed by atoms with Crippen LogP contribution in [0.4, 0.5) is 5.82 Å². The first-order valence-electron chi connectivity index (χ1n) is 4.60. The highest BCUT2D eigenvalue weighted by Crippen LogP contribution is 2.12. The van der Waals surface area contributed by atoms with Crippen LogP contribution in [0.5, 0.6) is 0 Å². The number of anilines is 1. The average molecular weight is 258 g/mol. The Bertz CT molecular complexity index is 549. The van der Waals surface area contributed by atoms with Gasteiger partial charge in [0.2, 0.25) is 5.43 Å². The lowest BCUT2D eigenvalue weighted by molar-refractivity contribution is -0.117. The number of aryl methyl sites for hydroxylation is 1. The Morgan fingerprint density at radius 3 is 2.71 bits per heavy atom. The topological polar surface area (TPSA) is 116 Å². The monoisotopic (exact) mass is 257 g/mol. The van der Waals surface area contributed by atoms with Crippen molar-refractivity contribution < 1.29 is 4.79 Å². The number of nitrogen functional groups attached to an aromatic ring is 1. The van der Waals surface area contributed by atoms with Crippen molar-refractivity contribution in [2.24, 2.45) is 12.9 Å². The Hall–Kier alpha value is -1.86. The normalized spacial score (nSPS) is 11.4. The van der Waals surface area contributed by atoms with Crippen molar-refractivity contribution in [1.82, 2.24) is 15.2 Å². The lowest BCUT2D eigenvalue weighted by Gasteiger charge is -2.07. The van der Waals surface area contributed by atoms with Gasteiger partial charge in [-0.2, -0.15) is 5.10 Å². The van der Waals surface area contributed by atoms with Crippen LogP contribution in [0.25, 0.3) is 6.08 Å². The fourth-order valence-corrected chi connectivity index (χ4v) is 1.38. The number of amides is 1. The van der Waals surface area contributed by atoms with E-state index >= 15 is 0 Å². The summed E-state index contributed by atoms with van der Waals surface area (Å²) >= 11 is 5.63. The van der Waals surface area contributed by atoms with E-state index in [1.807, 2.05) is 5.43 Å². The van der Waals surface area contributed by atoms with Gasteiger partial charge in [-0.3, -0.25) is 19.7 Å². The van der Waals surface area contributed by atoms with Gasteiger partial charge in [-0.15, -0.1) is 0 Å². The SMILES string of the molecule is C/C(=C\c1c(N)n(C)nc(Cl)c1=O)C(=O)NN. The summed E-state index contributed by atoms with van der Waals surface area (Å²) in [5, 5.41) is 3.48. The summed E-state index contributed by atoms with van der Waals surface area (Å²) in [6, 6.07) is 0. The van der Waals surface area contributed by atoms with E-state index < -0.39 is 11.3 Å². The minimum atomic E-state index is -0.536. The third kappa shape index (κ3) is 2.63. The van der Waals surface area contributed by atoms with Gasteiger partial charge >= 0.3 is 0 Å². The van der Waals surface area contributed by atoms with Crippen molar-refractivity contribution in [3.8, 4) is 0 Å². The number of halogens is 1. The molecule has 5 N–H and O–H groups in total. The van der Waals surface area contributed by atoms with Crippen molar-refractivity contribution in [1.29, 1.82) is 0 Å². The van der Waals surface area contributed by atoms with Crippen LogP contribution in [0.15, 0.2) is 10.4 Å². The van der Waals surface area contributed by atoms with Gasteiger partial charge in [0.15, 0.2) is 5.15 Å². The highest BCUT2D eigenvalue weighted by atomic mass is 35.5. The predicted octanol–water partition coefficient (Wildman–Crippen LogP) is -0.591. The minimum Gasteiger partial charge on any atom is -0.383 e. The number of carbonyl (C=O) groups is 1. The quantitative estimate of drug-likeness (QED) is 0.283. The number of hydrogen-bond donors (Lipinski definition) is 3. The van der Waals surface area contributed by atoms with Gasteiger partial charge in [0.1, 0.15) is 5.82 Å². The van der Waals surface area contributed by atoms with Crippen molar-refractivity contribution in [3.05, 3.63) is 26.5 Å². The third-order valence-electron chi connectivity index (χ3n) is 2.14. The molecule has 0 saturated carbocycles. The van der Waals surface area contributed by atoms with Crippen LogP contribution in [0.3, 0.4) is 0 Å². The number of aromatic nitrogens is 2. The maximum absolute atomic E-state index is 11.7. The number of nitrogens with two attached hydrogens (primary N) is 2. The summed E-state index contributed by atoms with van der Waals surface area (Å²) in [5.41, 5.74) is 7.43. The number of nitrogens with zero attached hydrogens (tertiary/aromatic N) is 2. The van der Waals surface area contributed by atoms with Crippen LogP contribution in [0, 0.1) is 0 Å². The molecule has 1 rings (SSSR count). The molecule has 0 saturated heterocycles. The van der Waals surface area contributed by atoms with E-state index in [0.717, 1.165) is 0 Å². The molecule has 0 aliphatic rings. The van der Waals surface area contributed by atoms with Gasteiger partial charge in [-0.05, 0) is 13.0 Å². The van der Waals surface area contributed by atoms with Gasteiger partial charge in [0.25, 0.3) is 5.91 Å². The fraction of sp³-hybridized carbons (Fsp3) is 0.222. The first-order valence-corrected chi connectivity index (χ1v) is 4.97. The molecule has 0 fully saturated rings. The molecule has 8 heteroatoms. The predicted molar refractivity (Wildman–Crippen MR) is 64.9 cm³/mol. The molecule has 92 valence electrons. The second kappa shape index (κ2) is 4.98. The standard InChI is InChI=1S/C9H12ClN5O2/c1-4(9(17)13-12)3-5-6(16)7(10)14-15(2)8(5)11/h3H,11-12H2,1-2H3,(H,13,17)/b4-3+. The molecule has 0 aliphatic carbocycles. The number of rotatable bonds is 2. The summed E-state index contributed by atoms with van der Waals surface area (Å²) in [6.07, 6.45) is 1.31. The summed E-state index contributed by atoms with van der Waals surface area (Å²) in [6.45, 7) is 1.50. The van der Waals surface area contributed by atoms with E-state index in [-0.39, 0.29) is 22.1 Å². The second-order valence-corrected chi connectivity index (χ2v) is 3.70. The van der Waals surface area contributed by atoms with Crippen molar-refractivity contribution in [2.75, 3.05) is 5.73 Å². The van der Waals surface area contributed by atoms with Gasteiger partial charge in [-0.25, -0.2) is 5.84 Å². The highest BCUT2D eigenvalue weighted by Gasteiger charge is 2.12. The van der Waals surface area contributed by atoms with Crippen LogP contribution in [0.2, 0.25) is 5.15 Å². The van der Waals surface area contributed by atoms with Crippen molar-refractivity contribution in [2.45, 2.75) is 6.92 Å². The van der Waals surface area contributed by atoms with E-state index in [1.165, 1.54) is 24.7 Å². The molecular formula is C9H12ClN5O2. The van der Waals surface area contributed by atoms with Gasteiger partial charge in [0.05, 0.1) is 5.56 Å². The lowest BCUT2D eigenvalue weighted by Crippen LogP contribution is -2.30. The molecule has 1 amide bonds. The summed E-state index contributed by atoms with van der Waals surface area (Å²) in [5.74, 6) is 4.57. The smallest absolute Gasteiger partial charge is 0.260 e. The zero-order chi connectivity index (χ0) is 13.2. The number of carbonyl (C=O) groups excluding carboxylic acids is 1. The van der Waals surface area contributed by atoms with Crippen LogP contribution < -0.4 is 22.4 Å². The molecule has 1 aromatic heterocycles. The molecule has 1 aromatic rings.